The predicted molar refractivity (Wildman–Crippen MR) is 125 cm³/mol. The van der Waals surface area contributed by atoms with E-state index in [1.165, 1.54) is 4.90 Å². The first-order valence-electron chi connectivity index (χ1n) is 11.0. The van der Waals surface area contributed by atoms with Crippen LogP contribution in [0.3, 0.4) is 0 Å². The van der Waals surface area contributed by atoms with Crippen molar-refractivity contribution in [2.75, 3.05) is 6.61 Å². The van der Waals surface area contributed by atoms with E-state index in [2.05, 4.69) is 4.98 Å². The van der Waals surface area contributed by atoms with Crippen molar-refractivity contribution in [1.82, 2.24) is 9.88 Å². The van der Waals surface area contributed by atoms with Crippen LogP contribution in [-0.4, -0.2) is 33.3 Å². The van der Waals surface area contributed by atoms with Crippen molar-refractivity contribution in [1.29, 1.82) is 0 Å². The molecule has 1 aliphatic heterocycles. The van der Waals surface area contributed by atoms with Crippen molar-refractivity contribution in [3.05, 3.63) is 101 Å². The van der Waals surface area contributed by atoms with Crippen LogP contribution in [0.25, 0.3) is 5.76 Å². The van der Waals surface area contributed by atoms with E-state index in [4.69, 9.17) is 4.74 Å². The first-order chi connectivity index (χ1) is 16.0. The van der Waals surface area contributed by atoms with Crippen LogP contribution in [0.1, 0.15) is 41.6 Å². The fourth-order valence-electron chi connectivity index (χ4n) is 3.94. The van der Waals surface area contributed by atoms with Gasteiger partial charge in [0.05, 0.1) is 18.2 Å². The molecule has 0 radical (unpaired) electrons. The fourth-order valence-corrected chi connectivity index (χ4v) is 3.94. The zero-order valence-electron chi connectivity index (χ0n) is 18.7. The molecule has 0 spiro atoms. The molecule has 1 amide bonds. The number of hydrogen-bond donors (Lipinski definition) is 1. The van der Waals surface area contributed by atoms with Crippen LogP contribution in [0.2, 0.25) is 0 Å². The van der Waals surface area contributed by atoms with Gasteiger partial charge in [-0.15, -0.1) is 0 Å². The number of aliphatic hydroxyl groups is 1. The highest BCUT2D eigenvalue weighted by Gasteiger charge is 2.46. The lowest BCUT2D eigenvalue weighted by Gasteiger charge is -2.25. The van der Waals surface area contributed by atoms with Gasteiger partial charge >= 0.3 is 0 Å². The Morgan fingerprint density at radius 2 is 1.88 bits per heavy atom. The Morgan fingerprint density at radius 3 is 2.58 bits per heavy atom. The number of nitrogens with zero attached hydrogens (tertiary/aromatic N) is 2. The minimum Gasteiger partial charge on any atom is -0.507 e. The largest absolute Gasteiger partial charge is 0.507 e. The van der Waals surface area contributed by atoms with Gasteiger partial charge in [0.2, 0.25) is 0 Å². The normalized spacial score (nSPS) is 17.4. The third kappa shape index (κ3) is 4.65. The molecule has 3 aromatic rings. The highest BCUT2D eigenvalue weighted by molar-refractivity contribution is 6.46. The number of hydrogen-bond acceptors (Lipinski definition) is 5. The number of benzene rings is 2. The van der Waals surface area contributed by atoms with Gasteiger partial charge < -0.3 is 14.7 Å². The first kappa shape index (κ1) is 22.3. The maximum absolute atomic E-state index is 13.2. The number of rotatable bonds is 7. The van der Waals surface area contributed by atoms with Gasteiger partial charge in [0, 0.05) is 24.5 Å². The average molecular weight is 443 g/mol. The van der Waals surface area contributed by atoms with E-state index in [1.54, 1.807) is 30.6 Å². The Labute approximate surface area is 193 Å². The molecule has 168 valence electrons. The van der Waals surface area contributed by atoms with Crippen molar-refractivity contribution in [2.24, 2.45) is 0 Å². The molecule has 6 nitrogen and oxygen atoms in total. The van der Waals surface area contributed by atoms with Gasteiger partial charge in [-0.2, -0.15) is 0 Å². The number of aryl methyl sites for hydroxylation is 1. The summed E-state index contributed by atoms with van der Waals surface area (Å²) in [7, 11) is 0. The molecule has 1 aliphatic rings. The summed E-state index contributed by atoms with van der Waals surface area (Å²) in [5.74, 6) is -0.900. The van der Waals surface area contributed by atoms with E-state index < -0.39 is 17.7 Å². The molecule has 1 fully saturated rings. The number of pyridine rings is 1. The van der Waals surface area contributed by atoms with Gasteiger partial charge in [-0.25, -0.2) is 0 Å². The molecule has 0 bridgehead atoms. The van der Waals surface area contributed by atoms with Crippen molar-refractivity contribution < 1.29 is 19.4 Å². The van der Waals surface area contributed by atoms with Gasteiger partial charge in [-0.05, 0) is 42.7 Å². The minimum atomic E-state index is -0.753. The van der Waals surface area contributed by atoms with Gasteiger partial charge in [0.1, 0.15) is 11.5 Å². The highest BCUT2D eigenvalue weighted by atomic mass is 16.5. The summed E-state index contributed by atoms with van der Waals surface area (Å²) in [6, 6.07) is 17.4. The Bertz CT molecular complexity index is 1190. The average Bonchev–Trinajstić information content (AvgIpc) is 3.08. The lowest BCUT2D eigenvalue weighted by Crippen LogP contribution is -2.29. The number of likely N-dealkylation sites (tertiary alicyclic amines) is 1. The Balaban J connectivity index is 1.84. The molecule has 4 rings (SSSR count). The van der Waals surface area contributed by atoms with E-state index in [-0.39, 0.29) is 17.9 Å². The van der Waals surface area contributed by atoms with Crippen LogP contribution >= 0.6 is 0 Å². The summed E-state index contributed by atoms with van der Waals surface area (Å²) in [6.07, 6.45) is 4.18. The minimum absolute atomic E-state index is 0.0698. The van der Waals surface area contributed by atoms with Crippen LogP contribution < -0.4 is 4.74 Å². The number of aliphatic hydroxyl groups excluding tert-OH is 1. The first-order valence-corrected chi connectivity index (χ1v) is 11.0. The summed E-state index contributed by atoms with van der Waals surface area (Å²) >= 11 is 0. The molecular formula is C27H26N2O4. The van der Waals surface area contributed by atoms with Crippen molar-refractivity contribution in [2.45, 2.75) is 32.9 Å². The third-order valence-electron chi connectivity index (χ3n) is 5.59. The van der Waals surface area contributed by atoms with Crippen LogP contribution in [-0.2, 0) is 16.1 Å². The molecule has 0 aliphatic carbocycles. The van der Waals surface area contributed by atoms with E-state index >= 15 is 0 Å². The molecule has 0 saturated carbocycles. The zero-order chi connectivity index (χ0) is 23.4. The number of ether oxygens (including phenoxy) is 1. The molecule has 1 saturated heterocycles. The predicted octanol–water partition coefficient (Wildman–Crippen LogP) is 4.80. The Kier molecular flexibility index (Phi) is 6.54. The van der Waals surface area contributed by atoms with Gasteiger partial charge in [0.25, 0.3) is 11.7 Å². The van der Waals surface area contributed by atoms with Crippen LogP contribution in [0.15, 0.2) is 78.6 Å². The molecular weight excluding hydrogens is 416 g/mol. The van der Waals surface area contributed by atoms with Gasteiger partial charge in [0.15, 0.2) is 0 Å². The number of amides is 1. The van der Waals surface area contributed by atoms with Crippen LogP contribution in [0.4, 0.5) is 0 Å². The molecule has 1 atom stereocenters. The SMILES string of the molecule is CCCOc1cccc(C2/C(=C(/O)c3ccc(C)cc3)C(=O)C(=O)N2Cc2cccnc2)c1. The summed E-state index contributed by atoms with van der Waals surface area (Å²) in [4.78, 5) is 31.9. The molecule has 1 unspecified atom stereocenters. The van der Waals surface area contributed by atoms with Crippen LogP contribution in [0, 0.1) is 6.92 Å². The molecule has 1 N–H and O–H groups in total. The third-order valence-corrected chi connectivity index (χ3v) is 5.59. The smallest absolute Gasteiger partial charge is 0.295 e. The lowest BCUT2D eigenvalue weighted by atomic mass is 9.94. The van der Waals surface area contributed by atoms with E-state index in [0.29, 0.717) is 23.5 Å². The quantitative estimate of drug-likeness (QED) is 0.323. The van der Waals surface area contributed by atoms with Gasteiger partial charge in [-0.3, -0.25) is 14.6 Å². The van der Waals surface area contributed by atoms with Crippen molar-refractivity contribution in [3.63, 3.8) is 0 Å². The fraction of sp³-hybridized carbons (Fsp3) is 0.222. The number of aromatic nitrogens is 1. The van der Waals surface area contributed by atoms with E-state index in [9.17, 15) is 14.7 Å². The van der Waals surface area contributed by atoms with E-state index in [1.807, 2.05) is 56.3 Å². The van der Waals surface area contributed by atoms with Gasteiger partial charge in [-0.1, -0.05) is 55.0 Å². The number of carbonyl (C=O) groups is 2. The second kappa shape index (κ2) is 9.69. The molecule has 33 heavy (non-hydrogen) atoms. The summed E-state index contributed by atoms with van der Waals surface area (Å²) < 4.78 is 5.78. The van der Waals surface area contributed by atoms with Crippen LogP contribution in [0.5, 0.6) is 5.75 Å². The molecule has 2 heterocycles. The Morgan fingerprint density at radius 1 is 1.09 bits per heavy atom. The second-order valence-electron chi connectivity index (χ2n) is 8.08. The monoisotopic (exact) mass is 442 g/mol. The molecule has 6 heteroatoms. The maximum atomic E-state index is 13.2. The number of ketones is 1. The zero-order valence-corrected chi connectivity index (χ0v) is 18.7. The molecule has 1 aromatic heterocycles. The highest BCUT2D eigenvalue weighted by Crippen LogP contribution is 2.41. The lowest BCUT2D eigenvalue weighted by molar-refractivity contribution is -0.140. The summed E-state index contributed by atoms with van der Waals surface area (Å²) in [5, 5.41) is 11.2. The van der Waals surface area contributed by atoms with Crippen molar-refractivity contribution >= 4 is 17.4 Å². The van der Waals surface area contributed by atoms with E-state index in [0.717, 1.165) is 17.5 Å². The summed E-state index contributed by atoms with van der Waals surface area (Å²) in [5.41, 5.74) is 3.07. The topological polar surface area (TPSA) is 79.7 Å². The summed E-state index contributed by atoms with van der Waals surface area (Å²) in [6.45, 7) is 4.71. The maximum Gasteiger partial charge on any atom is 0.295 e. The second-order valence-corrected chi connectivity index (χ2v) is 8.08. The molecule has 2 aromatic carbocycles. The number of carbonyl (C=O) groups excluding carboxylic acids is 2. The van der Waals surface area contributed by atoms with Crippen molar-refractivity contribution in [3.8, 4) is 5.75 Å². The Hall–Kier alpha value is -3.93. The number of Topliss-reactive ketones (excluding diaryl/α,β-unsaturated/α-hetero) is 1. The standard InChI is InChI=1S/C27H26N2O4/c1-3-14-33-22-8-4-7-21(15-22)24-23(25(30)20-11-9-18(2)10-12-20)26(31)27(32)29(24)17-19-6-5-13-28-16-19/h4-13,15-16,24,30H,3,14,17H2,1-2H3/b25-23-.